The van der Waals surface area contributed by atoms with Gasteiger partial charge in [-0.05, 0) is 78.4 Å². The van der Waals surface area contributed by atoms with Crippen LogP contribution >= 0.6 is 0 Å². The van der Waals surface area contributed by atoms with Crippen LogP contribution in [0.25, 0.3) is 0 Å². The molecule has 35 heavy (non-hydrogen) atoms. The van der Waals surface area contributed by atoms with E-state index in [9.17, 15) is 0 Å². The zero-order chi connectivity index (χ0) is 27.4. The van der Waals surface area contributed by atoms with Crippen molar-refractivity contribution < 1.29 is 0 Å². The monoisotopic (exact) mass is 476 g/mol. The molecule has 196 valence electrons. The second kappa shape index (κ2) is 9.39. The normalized spacial score (nSPS) is 14.9. The van der Waals surface area contributed by atoms with Gasteiger partial charge in [-0.15, -0.1) is 0 Å². The van der Waals surface area contributed by atoms with Gasteiger partial charge < -0.3 is 0 Å². The molecule has 0 aliphatic carbocycles. The maximum Gasteiger partial charge on any atom is -0.0126 e. The molecule has 0 heteroatoms. The summed E-state index contributed by atoms with van der Waals surface area (Å²) in [5.41, 5.74) is 11.2. The van der Waals surface area contributed by atoms with Crippen molar-refractivity contribution in [2.24, 2.45) is 0 Å². The molecule has 2 aromatic rings. The SMILES string of the molecule is CC(Cc1ccc(C(C)(C)C)c(C(C)(C)C)c1C(C)(C)C)c1cccc(C(C)(C)C)c1C(C)(C)C. The Hall–Kier alpha value is -1.56. The van der Waals surface area contributed by atoms with Gasteiger partial charge in [-0.1, -0.05) is 141 Å². The summed E-state index contributed by atoms with van der Waals surface area (Å²) in [5, 5.41) is 0. The van der Waals surface area contributed by atoms with Crippen LogP contribution in [0.15, 0.2) is 30.3 Å². The van der Waals surface area contributed by atoms with E-state index in [1.54, 1.807) is 16.7 Å². The number of hydrogen-bond donors (Lipinski definition) is 0. The van der Waals surface area contributed by atoms with Gasteiger partial charge in [-0.25, -0.2) is 0 Å². The highest BCUT2D eigenvalue weighted by Crippen LogP contribution is 2.45. The molecule has 0 bridgehead atoms. The summed E-state index contributed by atoms with van der Waals surface area (Å²) in [4.78, 5) is 0. The van der Waals surface area contributed by atoms with E-state index in [0.717, 1.165) is 6.42 Å². The van der Waals surface area contributed by atoms with Gasteiger partial charge in [-0.3, -0.25) is 0 Å². The van der Waals surface area contributed by atoms with E-state index in [-0.39, 0.29) is 27.1 Å². The van der Waals surface area contributed by atoms with Gasteiger partial charge in [0.25, 0.3) is 0 Å². The predicted octanol–water partition coefficient (Wildman–Crippen LogP) is 10.5. The van der Waals surface area contributed by atoms with Crippen molar-refractivity contribution in [3.63, 3.8) is 0 Å². The molecule has 0 aliphatic heterocycles. The highest BCUT2D eigenvalue weighted by atomic mass is 14.4. The fourth-order valence-corrected chi connectivity index (χ4v) is 5.96. The Morgan fingerprint density at radius 3 is 1.31 bits per heavy atom. The van der Waals surface area contributed by atoms with Crippen molar-refractivity contribution in [3.8, 4) is 0 Å². The Morgan fingerprint density at radius 1 is 0.486 bits per heavy atom. The third kappa shape index (κ3) is 6.61. The molecule has 0 N–H and O–H groups in total. The summed E-state index contributed by atoms with van der Waals surface area (Å²) in [6.45, 7) is 38.1. The molecule has 0 amide bonds. The Balaban J connectivity index is 2.81. The van der Waals surface area contributed by atoms with Crippen molar-refractivity contribution >= 4 is 0 Å². The van der Waals surface area contributed by atoms with Crippen molar-refractivity contribution in [2.75, 3.05) is 0 Å². The molecular weight excluding hydrogens is 420 g/mol. The molecule has 0 saturated heterocycles. The molecule has 0 radical (unpaired) electrons. The lowest BCUT2D eigenvalue weighted by molar-refractivity contribution is 0.491. The van der Waals surface area contributed by atoms with E-state index in [4.69, 9.17) is 0 Å². The molecule has 2 rings (SSSR count). The Morgan fingerprint density at radius 2 is 0.914 bits per heavy atom. The van der Waals surface area contributed by atoms with Gasteiger partial charge in [0.05, 0.1) is 0 Å². The van der Waals surface area contributed by atoms with E-state index in [1.807, 2.05) is 0 Å². The first-order valence-corrected chi connectivity index (χ1v) is 13.8. The second-order valence-corrected chi connectivity index (χ2v) is 16.1. The van der Waals surface area contributed by atoms with Gasteiger partial charge in [0.15, 0.2) is 0 Å². The van der Waals surface area contributed by atoms with Crippen LogP contribution in [0, 0.1) is 0 Å². The van der Waals surface area contributed by atoms with Crippen molar-refractivity contribution in [1.29, 1.82) is 0 Å². The van der Waals surface area contributed by atoms with Crippen molar-refractivity contribution in [1.82, 2.24) is 0 Å². The van der Waals surface area contributed by atoms with Crippen LogP contribution in [-0.4, -0.2) is 0 Å². The molecular formula is C35H56. The molecule has 0 aromatic heterocycles. The molecule has 0 nitrogen and oxygen atoms in total. The first-order valence-electron chi connectivity index (χ1n) is 13.8. The standard InChI is InChI=1S/C35H56/c1-23(25-18-17-19-26(31(2,3)4)29(25)34(11,12)13)22-24-20-21-27(32(5,6)7)30(35(14,15)16)28(24)33(8,9)10/h17-21,23H,22H2,1-16H3. The average Bonchev–Trinajstić information content (AvgIpc) is 2.63. The molecule has 2 aromatic carbocycles. The molecule has 0 spiro atoms. The first-order chi connectivity index (χ1) is 15.5. The maximum absolute atomic E-state index is 2.46. The lowest BCUT2D eigenvalue weighted by Crippen LogP contribution is -2.30. The quantitative estimate of drug-likeness (QED) is 0.413. The van der Waals surface area contributed by atoms with E-state index in [0.29, 0.717) is 5.92 Å². The minimum atomic E-state index is 0.0824. The summed E-state index contributed by atoms with van der Waals surface area (Å²) < 4.78 is 0. The van der Waals surface area contributed by atoms with E-state index >= 15 is 0 Å². The van der Waals surface area contributed by atoms with E-state index in [2.05, 4.69) is 141 Å². The Labute approximate surface area is 219 Å². The Kier molecular flexibility index (Phi) is 7.96. The zero-order valence-corrected chi connectivity index (χ0v) is 26.2. The fraction of sp³-hybridized carbons (Fsp3) is 0.657. The average molecular weight is 477 g/mol. The van der Waals surface area contributed by atoms with Crippen LogP contribution in [0.4, 0.5) is 0 Å². The highest BCUT2D eigenvalue weighted by Gasteiger charge is 2.34. The number of benzene rings is 2. The largest absolute Gasteiger partial charge is 0.0617 e. The van der Waals surface area contributed by atoms with Gasteiger partial charge in [0, 0.05) is 0 Å². The minimum Gasteiger partial charge on any atom is -0.0617 e. The van der Waals surface area contributed by atoms with Crippen LogP contribution in [0.1, 0.15) is 156 Å². The summed E-state index contributed by atoms with van der Waals surface area (Å²) in [6.07, 6.45) is 1.07. The smallest absolute Gasteiger partial charge is 0.0126 e. The third-order valence-corrected chi connectivity index (χ3v) is 7.31. The van der Waals surface area contributed by atoms with Gasteiger partial charge in [0.1, 0.15) is 0 Å². The van der Waals surface area contributed by atoms with Crippen LogP contribution in [-0.2, 0) is 33.5 Å². The highest BCUT2D eigenvalue weighted by molar-refractivity contribution is 5.52. The van der Waals surface area contributed by atoms with Crippen LogP contribution in [0.5, 0.6) is 0 Å². The lowest BCUT2D eigenvalue weighted by atomic mass is 9.66. The van der Waals surface area contributed by atoms with Crippen LogP contribution < -0.4 is 0 Å². The fourth-order valence-electron chi connectivity index (χ4n) is 5.96. The molecule has 0 saturated carbocycles. The third-order valence-electron chi connectivity index (χ3n) is 7.31. The van der Waals surface area contributed by atoms with E-state index < -0.39 is 0 Å². The van der Waals surface area contributed by atoms with Gasteiger partial charge in [-0.2, -0.15) is 0 Å². The van der Waals surface area contributed by atoms with Crippen molar-refractivity contribution in [3.05, 3.63) is 69.3 Å². The number of rotatable bonds is 3. The Bertz CT molecular complexity index is 1030. The molecule has 0 aliphatic rings. The maximum atomic E-state index is 2.46. The van der Waals surface area contributed by atoms with E-state index in [1.165, 1.54) is 22.3 Å². The summed E-state index contributed by atoms with van der Waals surface area (Å²) in [5.74, 6) is 0.445. The van der Waals surface area contributed by atoms with Crippen LogP contribution in [0.2, 0.25) is 0 Å². The van der Waals surface area contributed by atoms with Crippen LogP contribution in [0.3, 0.4) is 0 Å². The summed E-state index contributed by atoms with van der Waals surface area (Å²) in [7, 11) is 0. The first kappa shape index (κ1) is 29.7. The molecule has 0 fully saturated rings. The topological polar surface area (TPSA) is 0 Å². The summed E-state index contributed by atoms with van der Waals surface area (Å²) in [6, 6.07) is 11.9. The predicted molar refractivity (Wildman–Crippen MR) is 159 cm³/mol. The zero-order valence-electron chi connectivity index (χ0n) is 26.2. The van der Waals surface area contributed by atoms with Gasteiger partial charge in [0.2, 0.25) is 0 Å². The molecule has 0 heterocycles. The second-order valence-electron chi connectivity index (χ2n) is 16.1. The molecule has 1 unspecified atom stereocenters. The summed E-state index contributed by atoms with van der Waals surface area (Å²) >= 11 is 0. The van der Waals surface area contributed by atoms with Crippen molar-refractivity contribution in [2.45, 2.75) is 150 Å². The lowest BCUT2D eigenvalue weighted by Gasteiger charge is -2.39. The molecule has 1 atom stereocenters. The van der Waals surface area contributed by atoms with Gasteiger partial charge >= 0.3 is 0 Å². The number of hydrogen-bond acceptors (Lipinski definition) is 0. The minimum absolute atomic E-state index is 0.0824.